The van der Waals surface area contributed by atoms with Crippen molar-refractivity contribution in [2.45, 2.75) is 44.9 Å². The highest BCUT2D eigenvalue weighted by Gasteiger charge is 2.36. The van der Waals surface area contributed by atoms with E-state index in [0.29, 0.717) is 19.5 Å². The van der Waals surface area contributed by atoms with E-state index in [4.69, 9.17) is 0 Å². The molecule has 1 rings (SSSR count). The lowest BCUT2D eigenvalue weighted by Crippen LogP contribution is -2.62. The van der Waals surface area contributed by atoms with Crippen molar-refractivity contribution in [3.63, 3.8) is 0 Å². The van der Waals surface area contributed by atoms with Gasteiger partial charge in [0.1, 0.15) is 6.04 Å². The molecule has 1 aliphatic heterocycles. The zero-order valence-electron chi connectivity index (χ0n) is 12.0. The molecule has 3 atom stereocenters. The van der Waals surface area contributed by atoms with Crippen molar-refractivity contribution >= 4 is 11.7 Å². The minimum atomic E-state index is -0.750. The quantitative estimate of drug-likeness (QED) is 0.524. The van der Waals surface area contributed by atoms with Crippen LogP contribution in [0.3, 0.4) is 0 Å². The highest BCUT2D eigenvalue weighted by molar-refractivity contribution is 5.90. The van der Waals surface area contributed by atoms with E-state index in [-0.39, 0.29) is 17.7 Å². The van der Waals surface area contributed by atoms with Crippen molar-refractivity contribution in [2.75, 3.05) is 26.7 Å². The van der Waals surface area contributed by atoms with E-state index in [9.17, 15) is 14.7 Å². The van der Waals surface area contributed by atoms with E-state index in [1.54, 1.807) is 11.8 Å². The molecule has 0 aromatic carbocycles. The fourth-order valence-corrected chi connectivity index (χ4v) is 2.45. The maximum absolute atomic E-state index is 12.3. The molecule has 6 nitrogen and oxygen atoms in total. The van der Waals surface area contributed by atoms with Gasteiger partial charge >= 0.3 is 0 Å². The van der Waals surface area contributed by atoms with Gasteiger partial charge < -0.3 is 20.6 Å². The molecule has 0 saturated carbocycles. The summed E-state index contributed by atoms with van der Waals surface area (Å²) in [6, 6.07) is -0.968. The number of Topliss-reactive ketones (excluding diaryl/α,β-unsaturated/α-hetero) is 1. The maximum atomic E-state index is 12.3. The van der Waals surface area contributed by atoms with Gasteiger partial charge in [-0.25, -0.2) is 0 Å². The third kappa shape index (κ3) is 4.26. The Morgan fingerprint density at radius 2 is 2.32 bits per heavy atom. The lowest BCUT2D eigenvalue weighted by atomic mass is 10.0. The number of piperazine rings is 1. The van der Waals surface area contributed by atoms with Crippen LogP contribution in [0.1, 0.15) is 26.7 Å². The van der Waals surface area contributed by atoms with E-state index < -0.39 is 12.1 Å². The molecule has 0 bridgehead atoms. The van der Waals surface area contributed by atoms with Crippen molar-refractivity contribution in [3.05, 3.63) is 0 Å². The average molecular weight is 271 g/mol. The number of aliphatic hydroxyl groups is 1. The van der Waals surface area contributed by atoms with Gasteiger partial charge in [0.05, 0.1) is 12.1 Å². The zero-order chi connectivity index (χ0) is 14.4. The van der Waals surface area contributed by atoms with Gasteiger partial charge in [0.25, 0.3) is 0 Å². The van der Waals surface area contributed by atoms with Gasteiger partial charge in [0.2, 0.25) is 5.91 Å². The second-order valence-electron chi connectivity index (χ2n) is 5.08. The summed E-state index contributed by atoms with van der Waals surface area (Å²) in [4.78, 5) is 25.7. The van der Waals surface area contributed by atoms with Gasteiger partial charge in [0, 0.05) is 13.1 Å². The van der Waals surface area contributed by atoms with Crippen molar-refractivity contribution in [2.24, 2.45) is 0 Å². The topological polar surface area (TPSA) is 81.7 Å². The number of aliphatic hydroxyl groups excluding tert-OH is 1. The second-order valence-corrected chi connectivity index (χ2v) is 5.08. The largest absolute Gasteiger partial charge is 0.391 e. The Hall–Kier alpha value is -0.980. The van der Waals surface area contributed by atoms with Crippen LogP contribution in [0.25, 0.3) is 0 Å². The maximum Gasteiger partial charge on any atom is 0.243 e. The number of nitrogens with zero attached hydrogens (tertiary/aromatic N) is 1. The molecule has 1 amide bonds. The number of hydrogen-bond acceptors (Lipinski definition) is 5. The minimum Gasteiger partial charge on any atom is -0.391 e. The minimum absolute atomic E-state index is 0.00990. The Labute approximate surface area is 114 Å². The number of hydrogen-bond donors (Lipinski definition) is 3. The Kier molecular flexibility index (Phi) is 6.41. The first-order valence-electron chi connectivity index (χ1n) is 6.86. The number of ketones is 1. The average Bonchev–Trinajstić information content (AvgIpc) is 2.35. The molecule has 0 aliphatic carbocycles. The Balaban J connectivity index is 2.71. The van der Waals surface area contributed by atoms with Gasteiger partial charge in [-0.3, -0.25) is 9.59 Å². The van der Waals surface area contributed by atoms with Gasteiger partial charge in [0.15, 0.2) is 5.78 Å². The first kappa shape index (κ1) is 16.1. The second kappa shape index (κ2) is 7.57. The number of amides is 1. The van der Waals surface area contributed by atoms with Crippen LogP contribution in [0.5, 0.6) is 0 Å². The molecule has 19 heavy (non-hydrogen) atoms. The number of carbonyl (C=O) groups excluding carboxylic acids is 2. The Morgan fingerprint density at radius 3 is 2.84 bits per heavy atom. The fraction of sp³-hybridized carbons (Fsp3) is 0.846. The van der Waals surface area contributed by atoms with Crippen molar-refractivity contribution in [3.8, 4) is 0 Å². The molecule has 0 aromatic rings. The molecule has 1 heterocycles. The summed E-state index contributed by atoms with van der Waals surface area (Å²) in [6.45, 7) is 5.06. The highest BCUT2D eigenvalue weighted by atomic mass is 16.3. The summed E-state index contributed by atoms with van der Waals surface area (Å²) in [7, 11) is 1.86. The molecule has 1 saturated heterocycles. The first-order chi connectivity index (χ1) is 8.99. The van der Waals surface area contributed by atoms with Crippen LogP contribution >= 0.6 is 0 Å². The lowest BCUT2D eigenvalue weighted by Gasteiger charge is -2.38. The third-order valence-electron chi connectivity index (χ3n) is 3.50. The van der Waals surface area contributed by atoms with Crippen LogP contribution in [0.2, 0.25) is 0 Å². The number of nitrogens with one attached hydrogen (secondary N) is 2. The van der Waals surface area contributed by atoms with Gasteiger partial charge in [-0.15, -0.1) is 0 Å². The van der Waals surface area contributed by atoms with Crippen LogP contribution in [-0.4, -0.2) is 66.6 Å². The van der Waals surface area contributed by atoms with Crippen LogP contribution in [0.15, 0.2) is 0 Å². The SMILES string of the molecule is CNCCC[C@@H](C(C)=O)N1CCNC(C(C)O)C1=O. The van der Waals surface area contributed by atoms with Crippen LogP contribution in [0, 0.1) is 0 Å². The Bertz CT molecular complexity index is 320. The predicted octanol–water partition coefficient (Wildman–Crippen LogP) is -0.875. The summed E-state index contributed by atoms with van der Waals surface area (Å²) in [5, 5.41) is 15.6. The van der Waals surface area contributed by atoms with Crippen molar-refractivity contribution in [1.29, 1.82) is 0 Å². The zero-order valence-corrected chi connectivity index (χ0v) is 12.0. The normalized spacial score (nSPS) is 23.3. The van der Waals surface area contributed by atoms with Crippen molar-refractivity contribution < 1.29 is 14.7 Å². The summed E-state index contributed by atoms with van der Waals surface area (Å²) < 4.78 is 0. The molecule has 110 valence electrons. The molecule has 0 aromatic heterocycles. The molecule has 0 radical (unpaired) electrons. The van der Waals surface area contributed by atoms with Gasteiger partial charge in [-0.1, -0.05) is 0 Å². The number of rotatable bonds is 7. The van der Waals surface area contributed by atoms with Crippen LogP contribution in [0.4, 0.5) is 0 Å². The monoisotopic (exact) mass is 271 g/mol. The van der Waals surface area contributed by atoms with E-state index >= 15 is 0 Å². The third-order valence-corrected chi connectivity index (χ3v) is 3.50. The van der Waals surface area contributed by atoms with Crippen molar-refractivity contribution in [1.82, 2.24) is 15.5 Å². The van der Waals surface area contributed by atoms with Crippen LogP contribution < -0.4 is 10.6 Å². The molecule has 1 aliphatic rings. The molecule has 3 N–H and O–H groups in total. The molecular weight excluding hydrogens is 246 g/mol. The van der Waals surface area contributed by atoms with E-state index in [1.807, 2.05) is 7.05 Å². The molecular formula is C13H25N3O3. The number of carbonyl (C=O) groups is 2. The summed E-state index contributed by atoms with van der Waals surface area (Å²) >= 11 is 0. The molecule has 0 spiro atoms. The summed E-state index contributed by atoms with van der Waals surface area (Å²) in [5.41, 5.74) is 0. The highest BCUT2D eigenvalue weighted by Crippen LogP contribution is 2.14. The van der Waals surface area contributed by atoms with E-state index in [0.717, 1.165) is 13.0 Å². The molecule has 2 unspecified atom stereocenters. The fourth-order valence-electron chi connectivity index (χ4n) is 2.45. The van der Waals surface area contributed by atoms with Crippen LogP contribution in [-0.2, 0) is 9.59 Å². The van der Waals surface area contributed by atoms with E-state index in [1.165, 1.54) is 6.92 Å². The van der Waals surface area contributed by atoms with E-state index in [2.05, 4.69) is 10.6 Å². The summed E-state index contributed by atoms with van der Waals surface area (Å²) in [5.74, 6) is -0.165. The van der Waals surface area contributed by atoms with Gasteiger partial charge in [-0.05, 0) is 40.3 Å². The molecule has 1 fully saturated rings. The lowest BCUT2D eigenvalue weighted by molar-refractivity contribution is -0.145. The van der Waals surface area contributed by atoms with Gasteiger partial charge in [-0.2, -0.15) is 0 Å². The smallest absolute Gasteiger partial charge is 0.243 e. The molecule has 6 heteroatoms. The standard InChI is InChI=1S/C13H25N3O3/c1-9(17)11(5-4-6-14-3)16-8-7-15-12(10(2)18)13(16)19/h10-12,14-15,18H,4-8H2,1-3H3/t10?,11-,12?/m0/s1. The summed E-state index contributed by atoms with van der Waals surface area (Å²) in [6.07, 6.45) is 0.756. The Morgan fingerprint density at radius 1 is 1.63 bits per heavy atom. The predicted molar refractivity (Wildman–Crippen MR) is 72.8 cm³/mol. The first-order valence-corrected chi connectivity index (χ1v) is 6.86.